The van der Waals surface area contributed by atoms with Crippen LogP contribution < -0.4 is 10.9 Å². The minimum Gasteiger partial charge on any atom is -0.304 e. The average Bonchev–Trinajstić information content (AvgIpc) is 2.83. The Morgan fingerprint density at radius 1 is 1.45 bits per heavy atom. The number of aromatic amines is 1. The third kappa shape index (κ3) is 3.31. The highest BCUT2D eigenvalue weighted by atomic mass is 16.2. The van der Waals surface area contributed by atoms with Gasteiger partial charge in [-0.05, 0) is 19.4 Å². The summed E-state index contributed by atoms with van der Waals surface area (Å²) in [5, 5.41) is 13.3. The Hall–Kier alpha value is -2.44. The fraction of sp³-hybridized carbons (Fsp3) is 0.385. The highest BCUT2D eigenvalue weighted by molar-refractivity contribution is 6.02. The molecule has 0 fully saturated rings. The van der Waals surface area contributed by atoms with Crippen LogP contribution in [0.4, 0.5) is 5.82 Å². The molecule has 0 unspecified atom stereocenters. The predicted molar refractivity (Wildman–Crippen MR) is 74.7 cm³/mol. The van der Waals surface area contributed by atoms with Gasteiger partial charge in [-0.3, -0.25) is 14.7 Å². The molecule has 0 aliphatic carbocycles. The lowest BCUT2D eigenvalue weighted by Crippen LogP contribution is -2.26. The maximum absolute atomic E-state index is 12.0. The molecule has 0 spiro atoms. The first-order valence-electron chi connectivity index (χ1n) is 6.51. The molecule has 2 aromatic rings. The highest BCUT2D eigenvalue weighted by Crippen LogP contribution is 2.05. The van der Waals surface area contributed by atoms with Gasteiger partial charge in [0.2, 0.25) is 0 Å². The molecule has 0 aliphatic rings. The van der Waals surface area contributed by atoms with E-state index in [0.717, 1.165) is 18.5 Å². The Labute approximate surface area is 116 Å². The minimum absolute atomic E-state index is 0.196. The van der Waals surface area contributed by atoms with Gasteiger partial charge in [-0.1, -0.05) is 13.3 Å². The van der Waals surface area contributed by atoms with E-state index in [1.165, 1.54) is 16.8 Å². The molecule has 106 valence electrons. The maximum Gasteiger partial charge on any atom is 0.277 e. The number of carbonyl (C=O) groups is 1. The lowest BCUT2D eigenvalue weighted by Gasteiger charge is -2.05. The van der Waals surface area contributed by atoms with Crippen molar-refractivity contribution in [3.05, 3.63) is 39.9 Å². The van der Waals surface area contributed by atoms with Gasteiger partial charge < -0.3 is 5.32 Å². The first-order valence-corrected chi connectivity index (χ1v) is 6.51. The third-order valence-electron chi connectivity index (χ3n) is 2.77. The molecule has 2 heterocycles. The van der Waals surface area contributed by atoms with Crippen LogP contribution in [-0.2, 0) is 6.54 Å². The smallest absolute Gasteiger partial charge is 0.277 e. The summed E-state index contributed by atoms with van der Waals surface area (Å²) in [7, 11) is 0. The van der Waals surface area contributed by atoms with Crippen LogP contribution in [0.1, 0.15) is 35.9 Å². The first kappa shape index (κ1) is 14.0. The van der Waals surface area contributed by atoms with E-state index in [0.29, 0.717) is 12.4 Å². The van der Waals surface area contributed by atoms with Gasteiger partial charge in [-0.25, -0.2) is 4.68 Å². The van der Waals surface area contributed by atoms with E-state index in [1.807, 2.05) is 13.8 Å². The van der Waals surface area contributed by atoms with Gasteiger partial charge in [0.1, 0.15) is 5.69 Å². The minimum atomic E-state index is -0.387. The molecule has 7 heteroatoms. The Morgan fingerprint density at radius 3 is 2.90 bits per heavy atom. The summed E-state index contributed by atoms with van der Waals surface area (Å²) >= 11 is 0. The summed E-state index contributed by atoms with van der Waals surface area (Å²) in [6.45, 7) is 4.38. The monoisotopic (exact) mass is 275 g/mol. The summed E-state index contributed by atoms with van der Waals surface area (Å²) in [4.78, 5) is 23.6. The first-order chi connectivity index (χ1) is 9.60. The number of H-pyrrole nitrogens is 1. The van der Waals surface area contributed by atoms with Gasteiger partial charge in [0.15, 0.2) is 5.82 Å². The van der Waals surface area contributed by atoms with E-state index in [1.54, 1.807) is 6.07 Å². The van der Waals surface area contributed by atoms with Crippen LogP contribution in [0, 0.1) is 6.92 Å². The topological polar surface area (TPSA) is 92.7 Å². The van der Waals surface area contributed by atoms with Crippen molar-refractivity contribution in [3.8, 4) is 0 Å². The Bertz CT molecular complexity index is 659. The quantitative estimate of drug-likeness (QED) is 0.860. The van der Waals surface area contributed by atoms with Crippen LogP contribution in [0.3, 0.4) is 0 Å². The molecule has 7 nitrogen and oxygen atoms in total. The summed E-state index contributed by atoms with van der Waals surface area (Å²) < 4.78 is 1.31. The summed E-state index contributed by atoms with van der Waals surface area (Å²) in [5.74, 6) is 0.0438. The van der Waals surface area contributed by atoms with E-state index >= 15 is 0 Å². The number of aryl methyl sites for hydroxylation is 2. The Kier molecular flexibility index (Phi) is 4.29. The lowest BCUT2D eigenvalue weighted by atomic mass is 10.3. The number of amides is 1. The lowest BCUT2D eigenvalue weighted by molar-refractivity contribution is 0.101. The van der Waals surface area contributed by atoms with Gasteiger partial charge in [0, 0.05) is 24.4 Å². The normalized spacial score (nSPS) is 10.5. The van der Waals surface area contributed by atoms with E-state index < -0.39 is 0 Å². The Morgan fingerprint density at radius 2 is 2.25 bits per heavy atom. The van der Waals surface area contributed by atoms with E-state index in [-0.39, 0.29) is 17.2 Å². The molecule has 0 aromatic carbocycles. The summed E-state index contributed by atoms with van der Waals surface area (Å²) in [6, 6.07) is 4.48. The van der Waals surface area contributed by atoms with Crippen molar-refractivity contribution in [2.75, 3.05) is 5.32 Å². The number of nitrogens with one attached hydrogen (secondary N) is 2. The molecule has 2 aromatic heterocycles. The average molecular weight is 275 g/mol. The molecular formula is C13H17N5O2. The van der Waals surface area contributed by atoms with Gasteiger partial charge >= 0.3 is 0 Å². The molecule has 1 amide bonds. The summed E-state index contributed by atoms with van der Waals surface area (Å²) in [5.41, 5.74) is 0.841. The number of unbranched alkanes of at least 4 members (excludes halogenated alkanes) is 1. The van der Waals surface area contributed by atoms with Crippen molar-refractivity contribution in [1.82, 2.24) is 20.0 Å². The third-order valence-corrected chi connectivity index (χ3v) is 2.77. The van der Waals surface area contributed by atoms with Crippen LogP contribution in [0.25, 0.3) is 0 Å². The van der Waals surface area contributed by atoms with Crippen molar-refractivity contribution in [3.63, 3.8) is 0 Å². The van der Waals surface area contributed by atoms with Crippen LogP contribution in [-0.4, -0.2) is 25.9 Å². The number of nitrogens with zero attached hydrogens (tertiary/aromatic N) is 3. The molecule has 0 atom stereocenters. The SMILES string of the molecule is CCCCn1nc(C(=O)Nc2cc(C)[nH]n2)ccc1=O. The van der Waals surface area contributed by atoms with Gasteiger partial charge in [-0.15, -0.1) is 0 Å². The van der Waals surface area contributed by atoms with Crippen molar-refractivity contribution in [2.45, 2.75) is 33.2 Å². The molecule has 0 saturated carbocycles. The predicted octanol–water partition coefficient (Wildman–Crippen LogP) is 1.33. The van der Waals surface area contributed by atoms with E-state index in [9.17, 15) is 9.59 Å². The molecule has 0 radical (unpaired) electrons. The second-order valence-electron chi connectivity index (χ2n) is 4.52. The number of hydrogen-bond donors (Lipinski definition) is 2. The van der Waals surface area contributed by atoms with E-state index in [4.69, 9.17) is 0 Å². The van der Waals surface area contributed by atoms with Gasteiger partial charge in [-0.2, -0.15) is 10.2 Å². The zero-order valence-electron chi connectivity index (χ0n) is 11.5. The standard InChI is InChI=1S/C13H17N5O2/c1-3-4-7-18-12(19)6-5-10(17-18)13(20)14-11-8-9(2)15-16-11/h5-6,8H,3-4,7H2,1-2H3,(H2,14,15,16,20). The molecule has 2 N–H and O–H groups in total. The number of rotatable bonds is 5. The Balaban J connectivity index is 2.15. The van der Waals surface area contributed by atoms with Crippen LogP contribution in [0.2, 0.25) is 0 Å². The van der Waals surface area contributed by atoms with E-state index in [2.05, 4.69) is 20.6 Å². The fourth-order valence-corrected chi connectivity index (χ4v) is 1.70. The molecule has 20 heavy (non-hydrogen) atoms. The van der Waals surface area contributed by atoms with Crippen molar-refractivity contribution >= 4 is 11.7 Å². The number of hydrogen-bond acceptors (Lipinski definition) is 4. The number of carbonyl (C=O) groups excluding carboxylic acids is 1. The van der Waals surface area contributed by atoms with Gasteiger partial charge in [0.25, 0.3) is 11.5 Å². The van der Waals surface area contributed by atoms with Crippen molar-refractivity contribution in [1.29, 1.82) is 0 Å². The molecule has 0 saturated heterocycles. The number of aromatic nitrogens is 4. The fourth-order valence-electron chi connectivity index (χ4n) is 1.70. The summed E-state index contributed by atoms with van der Waals surface area (Å²) in [6.07, 6.45) is 1.80. The number of anilines is 1. The largest absolute Gasteiger partial charge is 0.304 e. The van der Waals surface area contributed by atoms with Crippen LogP contribution in [0.15, 0.2) is 23.0 Å². The zero-order valence-corrected chi connectivity index (χ0v) is 11.5. The second-order valence-corrected chi connectivity index (χ2v) is 4.52. The van der Waals surface area contributed by atoms with Crippen LogP contribution in [0.5, 0.6) is 0 Å². The van der Waals surface area contributed by atoms with Crippen molar-refractivity contribution < 1.29 is 4.79 Å². The maximum atomic E-state index is 12.0. The second kappa shape index (κ2) is 6.14. The molecule has 2 rings (SSSR count). The molecule has 0 bridgehead atoms. The molecule has 0 aliphatic heterocycles. The van der Waals surface area contributed by atoms with Crippen molar-refractivity contribution in [2.24, 2.45) is 0 Å². The van der Waals surface area contributed by atoms with Gasteiger partial charge in [0.05, 0.1) is 0 Å². The highest BCUT2D eigenvalue weighted by Gasteiger charge is 2.11. The van der Waals surface area contributed by atoms with Crippen LogP contribution >= 0.6 is 0 Å². The zero-order chi connectivity index (χ0) is 14.5. The molecular weight excluding hydrogens is 258 g/mol.